The Hall–Kier alpha value is -2.90. The second-order valence-electron chi connectivity index (χ2n) is 4.87. The molecule has 0 aliphatic carbocycles. The van der Waals surface area contributed by atoms with Crippen LogP contribution >= 0.6 is 0 Å². The summed E-state index contributed by atoms with van der Waals surface area (Å²) in [5, 5.41) is 14.2. The van der Waals surface area contributed by atoms with Crippen molar-refractivity contribution in [3.8, 4) is 0 Å². The Morgan fingerprint density at radius 3 is 2.65 bits per heavy atom. The van der Waals surface area contributed by atoms with Crippen molar-refractivity contribution < 1.29 is 19.1 Å². The van der Waals surface area contributed by atoms with E-state index in [1.807, 2.05) is 6.92 Å². The lowest BCUT2D eigenvalue weighted by molar-refractivity contribution is -0.137. The number of aromatic nitrogens is 2. The summed E-state index contributed by atoms with van der Waals surface area (Å²) in [7, 11) is 0. The van der Waals surface area contributed by atoms with Crippen molar-refractivity contribution in [2.45, 2.75) is 25.9 Å². The third-order valence-electron chi connectivity index (χ3n) is 3.18. The van der Waals surface area contributed by atoms with Crippen molar-refractivity contribution in [1.82, 2.24) is 14.9 Å². The first-order valence-electron chi connectivity index (χ1n) is 7.05. The van der Waals surface area contributed by atoms with E-state index in [9.17, 15) is 14.0 Å². The number of aliphatic carboxylic acids is 1. The van der Waals surface area contributed by atoms with E-state index in [0.717, 1.165) is 0 Å². The van der Waals surface area contributed by atoms with E-state index >= 15 is 0 Å². The monoisotopic (exact) mass is 320 g/mol. The zero-order chi connectivity index (χ0) is 16.8. The number of carboxylic acid groups (broad SMARTS) is 1. The first-order chi connectivity index (χ1) is 11.0. The van der Waals surface area contributed by atoms with Gasteiger partial charge in [-0.05, 0) is 30.7 Å². The smallest absolute Gasteiger partial charge is 0.323 e. The van der Waals surface area contributed by atoms with Gasteiger partial charge in [-0.1, -0.05) is 6.92 Å². The molecule has 7 nitrogen and oxygen atoms in total. The molecule has 3 N–H and O–H groups in total. The van der Waals surface area contributed by atoms with Crippen molar-refractivity contribution in [3.05, 3.63) is 48.3 Å². The Morgan fingerprint density at radius 1 is 1.35 bits per heavy atom. The van der Waals surface area contributed by atoms with Crippen molar-refractivity contribution in [2.24, 2.45) is 0 Å². The van der Waals surface area contributed by atoms with E-state index in [1.165, 1.54) is 35.0 Å². The predicted molar refractivity (Wildman–Crippen MR) is 81.4 cm³/mol. The van der Waals surface area contributed by atoms with Gasteiger partial charge in [0.05, 0.1) is 6.04 Å². The highest BCUT2D eigenvalue weighted by Crippen LogP contribution is 2.15. The molecule has 0 bridgehead atoms. The van der Waals surface area contributed by atoms with E-state index in [-0.39, 0.29) is 6.54 Å². The highest BCUT2D eigenvalue weighted by Gasteiger charge is 2.18. The largest absolute Gasteiger partial charge is 0.480 e. The number of carboxylic acids is 1. The fourth-order valence-corrected chi connectivity index (χ4v) is 2.12. The SMILES string of the molecule is CCC(NC(=O)Nc1ccc(F)cc1)c1nccn1CC(=O)O. The molecule has 0 saturated heterocycles. The molecule has 122 valence electrons. The van der Waals surface area contributed by atoms with Gasteiger partial charge in [-0.15, -0.1) is 0 Å². The van der Waals surface area contributed by atoms with Gasteiger partial charge in [0.15, 0.2) is 0 Å². The molecule has 1 aromatic carbocycles. The third kappa shape index (κ3) is 4.53. The Morgan fingerprint density at radius 2 is 2.04 bits per heavy atom. The maximum absolute atomic E-state index is 12.8. The lowest BCUT2D eigenvalue weighted by Crippen LogP contribution is -2.34. The number of rotatable bonds is 6. The molecule has 2 aromatic rings. The first kappa shape index (κ1) is 16.5. The molecule has 1 atom stereocenters. The Bertz CT molecular complexity index is 684. The predicted octanol–water partition coefficient (Wildman–Crippen LogP) is 2.38. The number of benzene rings is 1. The zero-order valence-electron chi connectivity index (χ0n) is 12.5. The molecule has 0 aliphatic heterocycles. The van der Waals surface area contributed by atoms with Crippen molar-refractivity contribution >= 4 is 17.7 Å². The Labute approximate surface area is 132 Å². The van der Waals surface area contributed by atoms with E-state index in [4.69, 9.17) is 5.11 Å². The van der Waals surface area contributed by atoms with E-state index in [2.05, 4.69) is 15.6 Å². The number of hydrogen-bond donors (Lipinski definition) is 3. The number of carbonyl (C=O) groups is 2. The van der Waals surface area contributed by atoms with Gasteiger partial charge in [0, 0.05) is 18.1 Å². The average Bonchev–Trinajstić information content (AvgIpc) is 2.94. The number of carbonyl (C=O) groups excluding carboxylic acids is 1. The van der Waals surface area contributed by atoms with Gasteiger partial charge in [-0.25, -0.2) is 14.2 Å². The minimum atomic E-state index is -0.991. The molecule has 23 heavy (non-hydrogen) atoms. The first-order valence-corrected chi connectivity index (χ1v) is 7.05. The molecule has 0 spiro atoms. The molecule has 1 aromatic heterocycles. The number of nitrogens with zero attached hydrogens (tertiary/aromatic N) is 2. The fraction of sp³-hybridized carbons (Fsp3) is 0.267. The van der Waals surface area contributed by atoms with Crippen LogP contribution in [-0.4, -0.2) is 26.7 Å². The number of amides is 2. The summed E-state index contributed by atoms with van der Waals surface area (Å²) in [4.78, 5) is 27.0. The second kappa shape index (κ2) is 7.39. The normalized spacial score (nSPS) is 11.7. The lowest BCUT2D eigenvalue weighted by atomic mass is 10.2. The summed E-state index contributed by atoms with van der Waals surface area (Å²) in [6.07, 6.45) is 3.57. The van der Waals surface area contributed by atoms with Crippen molar-refractivity contribution in [3.63, 3.8) is 0 Å². The summed E-state index contributed by atoms with van der Waals surface area (Å²) < 4.78 is 14.3. The second-order valence-corrected chi connectivity index (χ2v) is 4.87. The molecule has 1 unspecified atom stereocenters. The van der Waals surface area contributed by atoms with Gasteiger partial charge in [0.25, 0.3) is 0 Å². The minimum Gasteiger partial charge on any atom is -0.480 e. The van der Waals surface area contributed by atoms with Gasteiger partial charge in [0.2, 0.25) is 0 Å². The van der Waals surface area contributed by atoms with E-state index in [0.29, 0.717) is 17.9 Å². The lowest BCUT2D eigenvalue weighted by Gasteiger charge is -2.18. The van der Waals surface area contributed by atoms with Crippen LogP contribution in [0.25, 0.3) is 0 Å². The summed E-state index contributed by atoms with van der Waals surface area (Å²) in [6, 6.07) is 4.46. The van der Waals surface area contributed by atoms with Crippen LogP contribution in [0.1, 0.15) is 25.2 Å². The molecule has 2 amide bonds. The van der Waals surface area contributed by atoms with Crippen LogP contribution in [0, 0.1) is 5.82 Å². The summed E-state index contributed by atoms with van der Waals surface area (Å²) >= 11 is 0. The maximum atomic E-state index is 12.8. The molecule has 0 radical (unpaired) electrons. The highest BCUT2D eigenvalue weighted by atomic mass is 19.1. The molecule has 1 heterocycles. The quantitative estimate of drug-likeness (QED) is 0.761. The zero-order valence-corrected chi connectivity index (χ0v) is 12.5. The third-order valence-corrected chi connectivity index (χ3v) is 3.18. The van der Waals surface area contributed by atoms with Gasteiger partial charge in [0.1, 0.15) is 18.2 Å². The van der Waals surface area contributed by atoms with Crippen molar-refractivity contribution in [1.29, 1.82) is 0 Å². The molecule has 8 heteroatoms. The van der Waals surface area contributed by atoms with Gasteiger partial charge in [-0.3, -0.25) is 4.79 Å². The maximum Gasteiger partial charge on any atom is 0.323 e. The number of hydrogen-bond acceptors (Lipinski definition) is 3. The van der Waals surface area contributed by atoms with Crippen LogP contribution in [0.4, 0.5) is 14.9 Å². The van der Waals surface area contributed by atoms with Crippen LogP contribution in [0.2, 0.25) is 0 Å². The molecule has 0 fully saturated rings. The number of urea groups is 1. The average molecular weight is 320 g/mol. The molecule has 0 aliphatic rings. The number of halogens is 1. The molecule has 2 rings (SSSR count). The fourth-order valence-electron chi connectivity index (χ4n) is 2.12. The number of anilines is 1. The van der Waals surface area contributed by atoms with Gasteiger partial charge in [-0.2, -0.15) is 0 Å². The van der Waals surface area contributed by atoms with Gasteiger partial charge >= 0.3 is 12.0 Å². The highest BCUT2D eigenvalue weighted by molar-refractivity contribution is 5.89. The molecular formula is C15H17FN4O3. The van der Waals surface area contributed by atoms with Gasteiger partial charge < -0.3 is 20.3 Å². The number of imidazole rings is 1. The van der Waals surface area contributed by atoms with Crippen molar-refractivity contribution in [2.75, 3.05) is 5.32 Å². The Balaban J connectivity index is 2.04. The molecular weight excluding hydrogens is 303 g/mol. The Kier molecular flexibility index (Phi) is 5.29. The van der Waals surface area contributed by atoms with E-state index < -0.39 is 23.9 Å². The van der Waals surface area contributed by atoms with Crippen LogP contribution in [0.5, 0.6) is 0 Å². The summed E-state index contributed by atoms with van der Waals surface area (Å²) in [5.74, 6) is -0.919. The van der Waals surface area contributed by atoms with Crippen LogP contribution in [0.15, 0.2) is 36.7 Å². The minimum absolute atomic E-state index is 0.229. The molecule has 0 saturated carbocycles. The summed E-state index contributed by atoms with van der Waals surface area (Å²) in [6.45, 7) is 1.62. The van der Waals surface area contributed by atoms with Crippen LogP contribution in [0.3, 0.4) is 0 Å². The standard InChI is InChI=1S/C15H17FN4O3/c1-2-12(14-17-7-8-20(14)9-13(21)22)19-15(23)18-11-5-3-10(16)4-6-11/h3-8,12H,2,9H2,1H3,(H,21,22)(H2,18,19,23). The number of nitrogens with one attached hydrogen (secondary N) is 2. The van der Waals surface area contributed by atoms with Crippen LogP contribution in [-0.2, 0) is 11.3 Å². The van der Waals surface area contributed by atoms with Crippen LogP contribution < -0.4 is 10.6 Å². The topological polar surface area (TPSA) is 96.3 Å². The summed E-state index contributed by atoms with van der Waals surface area (Å²) in [5.41, 5.74) is 0.452. The van der Waals surface area contributed by atoms with E-state index in [1.54, 1.807) is 6.20 Å².